The number of carbonyl (C=O) groups is 1. The molecule has 1 aliphatic rings. The topological polar surface area (TPSA) is 87.2 Å². The van der Waals surface area contributed by atoms with Gasteiger partial charge in [-0.05, 0) is 18.8 Å². The standard InChI is InChI=1S/C13H21N3O3/c1-4-19-6-9(17)11-15-8-5-13(2,3)7-14-12(18)10(8)16-11/h9,17H,4-7H2,1-3H3,(H,14,18)(H,15,16)/t9-/m0/s1. The van der Waals surface area contributed by atoms with Gasteiger partial charge in [-0.15, -0.1) is 0 Å². The summed E-state index contributed by atoms with van der Waals surface area (Å²) in [4.78, 5) is 19.2. The lowest BCUT2D eigenvalue weighted by Crippen LogP contribution is -2.32. The van der Waals surface area contributed by atoms with Crippen molar-refractivity contribution in [2.75, 3.05) is 19.8 Å². The molecule has 2 heterocycles. The highest BCUT2D eigenvalue weighted by Gasteiger charge is 2.30. The van der Waals surface area contributed by atoms with E-state index < -0.39 is 6.10 Å². The highest BCUT2D eigenvalue weighted by Crippen LogP contribution is 2.26. The number of rotatable bonds is 4. The lowest BCUT2D eigenvalue weighted by Gasteiger charge is -2.21. The summed E-state index contributed by atoms with van der Waals surface area (Å²) in [5.41, 5.74) is 1.14. The number of aromatic nitrogens is 2. The van der Waals surface area contributed by atoms with Gasteiger partial charge in [-0.25, -0.2) is 4.98 Å². The molecular weight excluding hydrogens is 246 g/mol. The van der Waals surface area contributed by atoms with E-state index in [4.69, 9.17) is 4.74 Å². The van der Waals surface area contributed by atoms with Crippen LogP contribution in [-0.2, 0) is 11.2 Å². The first-order chi connectivity index (χ1) is 8.93. The van der Waals surface area contributed by atoms with Crippen LogP contribution in [0.2, 0.25) is 0 Å². The van der Waals surface area contributed by atoms with E-state index in [2.05, 4.69) is 29.1 Å². The van der Waals surface area contributed by atoms with Crippen LogP contribution in [0, 0.1) is 5.41 Å². The maximum atomic E-state index is 11.9. The van der Waals surface area contributed by atoms with Crippen molar-refractivity contribution in [2.24, 2.45) is 5.41 Å². The fraction of sp³-hybridized carbons (Fsp3) is 0.692. The number of H-pyrrole nitrogens is 1. The molecular formula is C13H21N3O3. The number of carbonyl (C=O) groups excluding carboxylic acids is 1. The third-order valence-electron chi connectivity index (χ3n) is 3.19. The molecule has 3 N–H and O–H groups in total. The molecule has 0 aliphatic carbocycles. The maximum Gasteiger partial charge on any atom is 0.271 e. The van der Waals surface area contributed by atoms with Crippen molar-refractivity contribution in [1.82, 2.24) is 15.3 Å². The predicted octanol–water partition coefficient (Wildman–Crippen LogP) is 0.792. The Bertz CT molecular complexity index is 468. The number of ether oxygens (including phenoxy) is 1. The minimum absolute atomic E-state index is 0.0322. The number of nitrogens with zero attached hydrogens (tertiary/aromatic N) is 1. The molecule has 1 atom stereocenters. The highest BCUT2D eigenvalue weighted by atomic mass is 16.5. The first-order valence-corrected chi connectivity index (χ1v) is 6.56. The Kier molecular flexibility index (Phi) is 3.91. The van der Waals surface area contributed by atoms with Gasteiger partial charge in [0.05, 0.1) is 6.61 Å². The van der Waals surface area contributed by atoms with Crippen LogP contribution >= 0.6 is 0 Å². The van der Waals surface area contributed by atoms with E-state index in [1.807, 2.05) is 6.92 Å². The van der Waals surface area contributed by atoms with Crippen LogP contribution < -0.4 is 5.32 Å². The molecule has 0 bridgehead atoms. The zero-order valence-corrected chi connectivity index (χ0v) is 11.6. The van der Waals surface area contributed by atoms with Crippen molar-refractivity contribution in [3.8, 4) is 0 Å². The monoisotopic (exact) mass is 267 g/mol. The number of amides is 1. The maximum absolute atomic E-state index is 11.9. The van der Waals surface area contributed by atoms with Gasteiger partial charge in [-0.1, -0.05) is 13.8 Å². The Hall–Kier alpha value is -1.40. The Morgan fingerprint density at radius 1 is 1.53 bits per heavy atom. The first-order valence-electron chi connectivity index (χ1n) is 6.56. The summed E-state index contributed by atoms with van der Waals surface area (Å²) in [7, 11) is 0. The molecule has 106 valence electrons. The molecule has 0 unspecified atom stereocenters. The summed E-state index contributed by atoms with van der Waals surface area (Å²) in [6.07, 6.45) is -0.113. The number of imidazole rings is 1. The van der Waals surface area contributed by atoms with Crippen LogP contribution in [-0.4, -0.2) is 40.7 Å². The molecule has 0 saturated heterocycles. The van der Waals surface area contributed by atoms with Crippen LogP contribution in [0.15, 0.2) is 0 Å². The third-order valence-corrected chi connectivity index (χ3v) is 3.19. The van der Waals surface area contributed by atoms with Crippen LogP contribution in [0.1, 0.15) is 48.9 Å². The van der Waals surface area contributed by atoms with Gasteiger partial charge in [-0.2, -0.15) is 0 Å². The lowest BCUT2D eigenvalue weighted by molar-refractivity contribution is 0.0376. The molecule has 1 aromatic heterocycles. The molecule has 0 radical (unpaired) electrons. The quantitative estimate of drug-likeness (QED) is 0.752. The Balaban J connectivity index is 2.23. The van der Waals surface area contributed by atoms with E-state index in [0.717, 1.165) is 12.1 Å². The zero-order valence-electron chi connectivity index (χ0n) is 11.6. The van der Waals surface area contributed by atoms with E-state index in [1.165, 1.54) is 0 Å². The van der Waals surface area contributed by atoms with Gasteiger partial charge in [-0.3, -0.25) is 4.79 Å². The predicted molar refractivity (Wildman–Crippen MR) is 69.9 cm³/mol. The molecule has 6 nitrogen and oxygen atoms in total. The molecule has 1 amide bonds. The summed E-state index contributed by atoms with van der Waals surface area (Å²) < 4.78 is 5.16. The minimum Gasteiger partial charge on any atom is -0.383 e. The van der Waals surface area contributed by atoms with Crippen molar-refractivity contribution in [3.63, 3.8) is 0 Å². The van der Waals surface area contributed by atoms with Crippen molar-refractivity contribution in [2.45, 2.75) is 33.3 Å². The first kappa shape index (κ1) is 14.0. The second-order valence-corrected chi connectivity index (χ2v) is 5.65. The highest BCUT2D eigenvalue weighted by molar-refractivity contribution is 5.93. The number of nitrogens with one attached hydrogen (secondary N) is 2. The molecule has 2 rings (SSSR count). The van der Waals surface area contributed by atoms with E-state index in [-0.39, 0.29) is 17.9 Å². The van der Waals surface area contributed by atoms with Gasteiger partial charge in [0.2, 0.25) is 0 Å². The number of hydrogen-bond acceptors (Lipinski definition) is 4. The van der Waals surface area contributed by atoms with Gasteiger partial charge in [0.25, 0.3) is 5.91 Å². The van der Waals surface area contributed by atoms with Gasteiger partial charge in [0, 0.05) is 18.8 Å². The summed E-state index contributed by atoms with van der Waals surface area (Å²) in [6.45, 7) is 7.35. The summed E-state index contributed by atoms with van der Waals surface area (Å²) in [5.74, 6) is 0.206. The van der Waals surface area contributed by atoms with Crippen LogP contribution in [0.5, 0.6) is 0 Å². The SMILES string of the molecule is CCOC[C@H](O)c1nc2c([nH]1)CC(C)(C)CNC2=O. The number of aromatic amines is 1. The van der Waals surface area contributed by atoms with E-state index in [9.17, 15) is 9.90 Å². The van der Waals surface area contributed by atoms with E-state index >= 15 is 0 Å². The Morgan fingerprint density at radius 2 is 2.26 bits per heavy atom. The molecule has 1 aromatic rings. The third kappa shape index (κ3) is 3.13. The van der Waals surface area contributed by atoms with E-state index in [0.29, 0.717) is 24.7 Å². The number of aliphatic hydroxyl groups is 1. The zero-order chi connectivity index (χ0) is 14.0. The largest absolute Gasteiger partial charge is 0.383 e. The Morgan fingerprint density at radius 3 is 2.95 bits per heavy atom. The van der Waals surface area contributed by atoms with Gasteiger partial charge < -0.3 is 20.1 Å². The molecule has 0 fully saturated rings. The summed E-state index contributed by atoms with van der Waals surface area (Å²) >= 11 is 0. The van der Waals surface area contributed by atoms with Gasteiger partial charge in [0.15, 0.2) is 0 Å². The van der Waals surface area contributed by atoms with Crippen LogP contribution in [0.4, 0.5) is 0 Å². The van der Waals surface area contributed by atoms with Crippen molar-refractivity contribution < 1.29 is 14.6 Å². The van der Waals surface area contributed by atoms with Crippen LogP contribution in [0.25, 0.3) is 0 Å². The molecule has 0 spiro atoms. The normalized spacial score (nSPS) is 19.5. The lowest BCUT2D eigenvalue weighted by atomic mass is 9.88. The average Bonchev–Trinajstić information content (AvgIpc) is 2.72. The Labute approximate surface area is 112 Å². The number of hydrogen-bond donors (Lipinski definition) is 3. The second kappa shape index (κ2) is 5.30. The molecule has 0 saturated carbocycles. The second-order valence-electron chi connectivity index (χ2n) is 5.65. The van der Waals surface area contributed by atoms with Crippen molar-refractivity contribution >= 4 is 5.91 Å². The molecule has 19 heavy (non-hydrogen) atoms. The van der Waals surface area contributed by atoms with Crippen LogP contribution in [0.3, 0.4) is 0 Å². The summed E-state index contributed by atoms with van der Waals surface area (Å²) in [6, 6.07) is 0. The van der Waals surface area contributed by atoms with Crippen molar-refractivity contribution in [3.05, 3.63) is 17.2 Å². The smallest absolute Gasteiger partial charge is 0.271 e. The van der Waals surface area contributed by atoms with E-state index in [1.54, 1.807) is 0 Å². The molecule has 0 aromatic carbocycles. The number of fused-ring (bicyclic) bond motifs is 1. The fourth-order valence-corrected chi connectivity index (χ4v) is 2.16. The molecule has 1 aliphatic heterocycles. The molecule has 6 heteroatoms. The number of aliphatic hydroxyl groups excluding tert-OH is 1. The van der Waals surface area contributed by atoms with Gasteiger partial charge >= 0.3 is 0 Å². The summed E-state index contributed by atoms with van der Waals surface area (Å²) in [5, 5.41) is 12.8. The van der Waals surface area contributed by atoms with Crippen molar-refractivity contribution in [1.29, 1.82) is 0 Å². The fourth-order valence-electron chi connectivity index (χ4n) is 2.16. The van der Waals surface area contributed by atoms with Gasteiger partial charge in [0.1, 0.15) is 17.6 Å². The average molecular weight is 267 g/mol. The minimum atomic E-state index is -0.831.